The molecule has 100 valence electrons. The van der Waals surface area contributed by atoms with Crippen LogP contribution in [0.25, 0.3) is 10.8 Å². The largest absolute Gasteiger partial charge is 0.311 e. The van der Waals surface area contributed by atoms with Crippen LogP contribution in [-0.2, 0) is 6.54 Å². The first-order valence-electron chi connectivity index (χ1n) is 6.15. The molecule has 0 fully saturated rings. The second-order valence-corrected chi connectivity index (χ2v) is 6.01. The predicted octanol–water partition coefficient (Wildman–Crippen LogP) is 2.84. The van der Waals surface area contributed by atoms with E-state index in [2.05, 4.69) is 54.2 Å². The summed E-state index contributed by atoms with van der Waals surface area (Å²) >= 11 is 5.06. The van der Waals surface area contributed by atoms with Crippen molar-refractivity contribution in [3.05, 3.63) is 34.1 Å². The molecular formula is C12H14BrN5S. The van der Waals surface area contributed by atoms with E-state index >= 15 is 0 Å². The summed E-state index contributed by atoms with van der Waals surface area (Å²) in [6.07, 6.45) is 6.87. The van der Waals surface area contributed by atoms with E-state index in [1.54, 1.807) is 17.5 Å². The Bertz CT molecular complexity index is 683. The zero-order valence-corrected chi connectivity index (χ0v) is 12.9. The molecule has 3 aromatic heterocycles. The van der Waals surface area contributed by atoms with Gasteiger partial charge in [0.1, 0.15) is 0 Å². The number of nitrogens with zero attached hydrogens (tertiary/aromatic N) is 4. The van der Waals surface area contributed by atoms with Gasteiger partial charge in [-0.2, -0.15) is 10.1 Å². The van der Waals surface area contributed by atoms with Gasteiger partial charge in [-0.1, -0.05) is 6.92 Å². The van der Waals surface area contributed by atoms with Gasteiger partial charge in [0.2, 0.25) is 0 Å². The van der Waals surface area contributed by atoms with Gasteiger partial charge in [0, 0.05) is 24.3 Å². The lowest BCUT2D eigenvalue weighted by molar-refractivity contribution is 0.655. The molecule has 3 rings (SSSR count). The molecule has 5 nitrogen and oxygen atoms in total. The highest BCUT2D eigenvalue weighted by Gasteiger charge is 2.15. The van der Waals surface area contributed by atoms with E-state index in [0.717, 1.165) is 40.5 Å². The van der Waals surface area contributed by atoms with Crippen molar-refractivity contribution in [3.63, 3.8) is 0 Å². The molecule has 0 aliphatic rings. The summed E-state index contributed by atoms with van der Waals surface area (Å²) in [7, 11) is 0. The lowest BCUT2D eigenvalue weighted by Gasteiger charge is -2.05. The Balaban J connectivity index is 2.02. The zero-order chi connectivity index (χ0) is 13.2. The molecule has 1 N–H and O–H groups in total. The second-order valence-electron chi connectivity index (χ2n) is 4.22. The number of hydrogen-bond acceptors (Lipinski definition) is 4. The number of rotatable bonds is 5. The fourth-order valence-corrected chi connectivity index (χ4v) is 2.98. The van der Waals surface area contributed by atoms with Crippen LogP contribution in [0.1, 0.15) is 19.0 Å². The van der Waals surface area contributed by atoms with Gasteiger partial charge in [0.05, 0.1) is 16.4 Å². The van der Waals surface area contributed by atoms with Gasteiger partial charge < -0.3 is 5.32 Å². The number of imidazole rings is 1. The molecule has 0 amide bonds. The minimum Gasteiger partial charge on any atom is -0.311 e. The van der Waals surface area contributed by atoms with Crippen LogP contribution in [0.4, 0.5) is 0 Å². The number of aromatic nitrogens is 4. The summed E-state index contributed by atoms with van der Waals surface area (Å²) in [5.74, 6) is 0.890. The molecule has 19 heavy (non-hydrogen) atoms. The quantitative estimate of drug-likeness (QED) is 0.727. The average molecular weight is 340 g/mol. The molecule has 0 atom stereocenters. The van der Waals surface area contributed by atoms with E-state index in [4.69, 9.17) is 0 Å². The van der Waals surface area contributed by atoms with E-state index in [1.165, 1.54) is 0 Å². The Morgan fingerprint density at radius 2 is 2.37 bits per heavy atom. The molecule has 3 aromatic rings. The average Bonchev–Trinajstić information content (AvgIpc) is 3.06. The fraction of sp³-hybridized carbons (Fsp3) is 0.333. The maximum Gasteiger partial charge on any atom is 0.196 e. The van der Waals surface area contributed by atoms with Crippen LogP contribution in [0.15, 0.2) is 28.4 Å². The molecule has 0 bridgehead atoms. The third kappa shape index (κ3) is 2.45. The van der Waals surface area contributed by atoms with Crippen LogP contribution in [0.3, 0.4) is 0 Å². The lowest BCUT2D eigenvalue weighted by Crippen LogP contribution is -2.16. The molecule has 0 aliphatic heterocycles. The van der Waals surface area contributed by atoms with E-state index in [-0.39, 0.29) is 0 Å². The summed E-state index contributed by atoms with van der Waals surface area (Å²) in [6, 6.07) is 0. The van der Waals surface area contributed by atoms with Gasteiger partial charge in [-0.25, -0.2) is 4.68 Å². The Hall–Kier alpha value is -1.18. The molecule has 0 saturated carbocycles. The molecule has 0 aromatic carbocycles. The maximum atomic E-state index is 4.66. The van der Waals surface area contributed by atoms with Crippen LogP contribution in [0, 0.1) is 0 Å². The van der Waals surface area contributed by atoms with Gasteiger partial charge in [-0.05, 0) is 28.9 Å². The normalized spacial score (nSPS) is 11.5. The smallest absolute Gasteiger partial charge is 0.196 e. The first kappa shape index (κ1) is 12.8. The van der Waals surface area contributed by atoms with E-state index in [1.807, 2.05) is 10.9 Å². The molecule has 7 heteroatoms. The highest BCUT2D eigenvalue weighted by atomic mass is 79.9. The van der Waals surface area contributed by atoms with Gasteiger partial charge >= 0.3 is 0 Å². The summed E-state index contributed by atoms with van der Waals surface area (Å²) in [5.41, 5.74) is 1.14. The molecule has 0 radical (unpaired) electrons. The number of hydrogen-bond donors (Lipinski definition) is 1. The van der Waals surface area contributed by atoms with Gasteiger partial charge in [-0.15, -0.1) is 11.3 Å². The highest BCUT2D eigenvalue weighted by molar-refractivity contribution is 9.10. The first-order chi connectivity index (χ1) is 9.29. The molecule has 0 spiro atoms. The molecule has 0 saturated heterocycles. The third-order valence-electron chi connectivity index (χ3n) is 2.83. The predicted molar refractivity (Wildman–Crippen MR) is 79.9 cm³/mol. The molecular weight excluding hydrogens is 326 g/mol. The van der Waals surface area contributed by atoms with Crippen molar-refractivity contribution in [1.29, 1.82) is 0 Å². The van der Waals surface area contributed by atoms with Crippen molar-refractivity contribution in [2.45, 2.75) is 19.9 Å². The van der Waals surface area contributed by atoms with Gasteiger partial charge in [-0.3, -0.25) is 4.40 Å². The third-order valence-corrected chi connectivity index (χ3v) is 3.99. The van der Waals surface area contributed by atoms with Crippen molar-refractivity contribution in [1.82, 2.24) is 24.5 Å². The number of halogens is 1. The summed E-state index contributed by atoms with van der Waals surface area (Å²) in [4.78, 5) is 5.65. The Morgan fingerprint density at radius 3 is 3.11 bits per heavy atom. The Labute approximate surface area is 123 Å². The molecule has 0 unspecified atom stereocenters. The topological polar surface area (TPSA) is 47.2 Å². The van der Waals surface area contributed by atoms with Crippen molar-refractivity contribution in [2.75, 3.05) is 6.54 Å². The second kappa shape index (κ2) is 5.44. The van der Waals surface area contributed by atoms with Crippen LogP contribution in [0.5, 0.6) is 0 Å². The van der Waals surface area contributed by atoms with Crippen LogP contribution in [0.2, 0.25) is 0 Å². The minimum atomic E-state index is 0.790. The highest BCUT2D eigenvalue weighted by Crippen LogP contribution is 2.21. The minimum absolute atomic E-state index is 0.790. The van der Waals surface area contributed by atoms with Crippen molar-refractivity contribution < 1.29 is 0 Å². The van der Waals surface area contributed by atoms with Gasteiger partial charge in [0.15, 0.2) is 10.8 Å². The van der Waals surface area contributed by atoms with Crippen molar-refractivity contribution in [3.8, 4) is 5.82 Å². The van der Waals surface area contributed by atoms with Crippen LogP contribution >= 0.6 is 27.3 Å². The number of fused-ring (bicyclic) bond motifs is 1. The Morgan fingerprint density at radius 1 is 1.47 bits per heavy atom. The molecule has 0 aliphatic carbocycles. The van der Waals surface area contributed by atoms with E-state index in [0.29, 0.717) is 0 Å². The molecule has 3 heterocycles. The van der Waals surface area contributed by atoms with E-state index < -0.39 is 0 Å². The van der Waals surface area contributed by atoms with E-state index in [9.17, 15) is 0 Å². The summed E-state index contributed by atoms with van der Waals surface area (Å²) in [6.45, 7) is 3.95. The van der Waals surface area contributed by atoms with Gasteiger partial charge in [0.25, 0.3) is 0 Å². The number of thiazole rings is 1. The SMILES string of the molecule is CCCNCc1c(-n2cc(Br)cn2)nc2sccn12. The number of nitrogens with one attached hydrogen (secondary N) is 1. The van der Waals surface area contributed by atoms with Crippen molar-refractivity contribution in [2.24, 2.45) is 0 Å². The van der Waals surface area contributed by atoms with Crippen molar-refractivity contribution >= 4 is 32.2 Å². The first-order valence-corrected chi connectivity index (χ1v) is 7.82. The van der Waals surface area contributed by atoms with Crippen LogP contribution in [-0.4, -0.2) is 25.7 Å². The zero-order valence-electron chi connectivity index (χ0n) is 10.5. The standard InChI is InChI=1S/C12H14BrN5S/c1-2-3-14-7-10-11(18-8-9(13)6-15-18)16-12-17(10)4-5-19-12/h4-6,8,14H,2-3,7H2,1H3. The summed E-state index contributed by atoms with van der Waals surface area (Å²) < 4.78 is 4.89. The monoisotopic (exact) mass is 339 g/mol. The summed E-state index contributed by atoms with van der Waals surface area (Å²) in [5, 5.41) is 9.80. The van der Waals surface area contributed by atoms with Crippen LogP contribution < -0.4 is 5.32 Å². The fourth-order valence-electron chi connectivity index (χ4n) is 1.97. The maximum absolute atomic E-state index is 4.66. The Kier molecular flexibility index (Phi) is 3.67. The lowest BCUT2D eigenvalue weighted by atomic mass is 10.4.